The van der Waals surface area contributed by atoms with Gasteiger partial charge in [-0.25, -0.2) is 0 Å². The quantitative estimate of drug-likeness (QED) is 0.771. The molecule has 1 N–H and O–H groups in total. The Bertz CT molecular complexity index is 835. The third-order valence-electron chi connectivity index (χ3n) is 4.93. The van der Waals surface area contributed by atoms with Crippen molar-refractivity contribution in [3.63, 3.8) is 0 Å². The van der Waals surface area contributed by atoms with Crippen molar-refractivity contribution < 1.29 is 19.1 Å². The van der Waals surface area contributed by atoms with Crippen LogP contribution in [0, 0.1) is 0 Å². The molecule has 0 aromatic heterocycles. The van der Waals surface area contributed by atoms with E-state index in [2.05, 4.69) is 5.32 Å². The molecular weight excluding hydrogens is 370 g/mol. The number of piperazine rings is 1. The van der Waals surface area contributed by atoms with Crippen LogP contribution in [0.25, 0.3) is 0 Å². The Labute approximate surface area is 171 Å². The maximum Gasteiger partial charge on any atom is 0.254 e. The molecule has 0 aliphatic carbocycles. The molecule has 0 saturated carbocycles. The lowest BCUT2D eigenvalue weighted by Gasteiger charge is -2.30. The first-order valence-corrected chi connectivity index (χ1v) is 9.66. The van der Waals surface area contributed by atoms with E-state index in [0.29, 0.717) is 36.7 Å². The second-order valence-corrected chi connectivity index (χ2v) is 6.85. The van der Waals surface area contributed by atoms with Crippen LogP contribution < -0.4 is 14.8 Å². The summed E-state index contributed by atoms with van der Waals surface area (Å²) >= 11 is 0. The van der Waals surface area contributed by atoms with E-state index in [-0.39, 0.29) is 18.4 Å². The first-order chi connectivity index (χ1) is 14.1. The smallest absolute Gasteiger partial charge is 0.254 e. The molecule has 29 heavy (non-hydrogen) atoms. The van der Waals surface area contributed by atoms with E-state index in [9.17, 15) is 9.59 Å². The zero-order valence-electron chi connectivity index (χ0n) is 16.9. The normalized spacial score (nSPS) is 13.7. The summed E-state index contributed by atoms with van der Waals surface area (Å²) in [5, 5.41) is 3.23. The third kappa shape index (κ3) is 5.26. The highest BCUT2D eigenvalue weighted by Gasteiger charge is 2.24. The number of hydrogen-bond acceptors (Lipinski definition) is 5. The Morgan fingerprint density at radius 1 is 1.00 bits per heavy atom. The molecule has 7 heteroatoms. The van der Waals surface area contributed by atoms with Gasteiger partial charge in [-0.2, -0.15) is 0 Å². The van der Waals surface area contributed by atoms with Gasteiger partial charge in [0.1, 0.15) is 6.54 Å². The fourth-order valence-electron chi connectivity index (χ4n) is 3.33. The Balaban J connectivity index is 1.83. The number of carbonyl (C=O) groups excluding carboxylic acids is 2. The summed E-state index contributed by atoms with van der Waals surface area (Å²) in [6, 6.07) is 14.7. The predicted octanol–water partition coefficient (Wildman–Crippen LogP) is 1.78. The van der Waals surface area contributed by atoms with Gasteiger partial charge in [-0.05, 0) is 23.8 Å². The van der Waals surface area contributed by atoms with E-state index in [0.717, 1.165) is 18.7 Å². The summed E-state index contributed by atoms with van der Waals surface area (Å²) < 4.78 is 10.6. The lowest BCUT2D eigenvalue weighted by Crippen LogP contribution is -2.50. The minimum Gasteiger partial charge on any atom is -0.493 e. The second-order valence-electron chi connectivity index (χ2n) is 6.85. The van der Waals surface area contributed by atoms with Crippen molar-refractivity contribution in [2.45, 2.75) is 6.54 Å². The summed E-state index contributed by atoms with van der Waals surface area (Å²) in [6.07, 6.45) is 0. The van der Waals surface area contributed by atoms with Crippen LogP contribution in [0.1, 0.15) is 15.9 Å². The van der Waals surface area contributed by atoms with Gasteiger partial charge in [0.05, 0.1) is 14.2 Å². The van der Waals surface area contributed by atoms with Gasteiger partial charge in [-0.15, -0.1) is 0 Å². The van der Waals surface area contributed by atoms with Gasteiger partial charge in [0.2, 0.25) is 5.91 Å². The van der Waals surface area contributed by atoms with Crippen LogP contribution in [0.3, 0.4) is 0 Å². The Morgan fingerprint density at radius 2 is 1.69 bits per heavy atom. The minimum atomic E-state index is -0.224. The number of rotatable bonds is 7. The summed E-state index contributed by atoms with van der Waals surface area (Å²) in [5.41, 5.74) is 1.42. The van der Waals surface area contributed by atoms with E-state index >= 15 is 0 Å². The minimum absolute atomic E-state index is 0.0298. The van der Waals surface area contributed by atoms with Crippen molar-refractivity contribution in [3.8, 4) is 11.5 Å². The van der Waals surface area contributed by atoms with Gasteiger partial charge in [-0.3, -0.25) is 9.59 Å². The van der Waals surface area contributed by atoms with Gasteiger partial charge >= 0.3 is 0 Å². The van der Waals surface area contributed by atoms with Crippen molar-refractivity contribution in [2.75, 3.05) is 46.9 Å². The Morgan fingerprint density at radius 3 is 2.34 bits per heavy atom. The van der Waals surface area contributed by atoms with Crippen LogP contribution >= 0.6 is 0 Å². The standard InChI is InChI=1S/C22H27N3O4/c1-28-19-9-8-18(14-20(19)29-2)22(27)25(15-17-6-4-3-5-7-17)16-21(26)24-12-10-23-11-13-24/h3-9,14,23H,10-13,15-16H2,1-2H3. The fourth-order valence-corrected chi connectivity index (χ4v) is 3.33. The number of nitrogens with one attached hydrogen (secondary N) is 1. The van der Waals surface area contributed by atoms with E-state index in [4.69, 9.17) is 9.47 Å². The van der Waals surface area contributed by atoms with Crippen LogP contribution in [-0.2, 0) is 11.3 Å². The highest BCUT2D eigenvalue weighted by molar-refractivity contribution is 5.97. The SMILES string of the molecule is COc1ccc(C(=O)N(CC(=O)N2CCNCC2)Cc2ccccc2)cc1OC. The van der Waals surface area contributed by atoms with Crippen molar-refractivity contribution in [1.82, 2.24) is 15.1 Å². The van der Waals surface area contributed by atoms with Gasteiger partial charge in [0, 0.05) is 38.3 Å². The third-order valence-corrected chi connectivity index (χ3v) is 4.93. The summed E-state index contributed by atoms with van der Waals surface area (Å²) in [7, 11) is 3.08. The molecule has 0 unspecified atom stereocenters. The van der Waals surface area contributed by atoms with Gasteiger partial charge in [0.15, 0.2) is 11.5 Å². The maximum atomic E-state index is 13.3. The number of nitrogens with zero attached hydrogens (tertiary/aromatic N) is 2. The first-order valence-electron chi connectivity index (χ1n) is 9.66. The number of benzene rings is 2. The number of hydrogen-bond donors (Lipinski definition) is 1. The molecule has 1 saturated heterocycles. The van der Waals surface area contributed by atoms with Crippen molar-refractivity contribution in [2.24, 2.45) is 0 Å². The largest absolute Gasteiger partial charge is 0.493 e. The van der Waals surface area contributed by atoms with Crippen LogP contribution in [-0.4, -0.2) is 68.6 Å². The van der Waals surface area contributed by atoms with Crippen LogP contribution in [0.2, 0.25) is 0 Å². The number of methoxy groups -OCH3 is 2. The van der Waals surface area contributed by atoms with E-state index in [1.54, 1.807) is 35.1 Å². The average Bonchev–Trinajstić information content (AvgIpc) is 2.78. The summed E-state index contributed by atoms with van der Waals surface area (Å²) in [4.78, 5) is 29.5. The molecule has 154 valence electrons. The van der Waals surface area contributed by atoms with Gasteiger partial charge < -0.3 is 24.6 Å². The number of amides is 2. The molecule has 0 spiro atoms. The zero-order valence-corrected chi connectivity index (χ0v) is 16.9. The second kappa shape index (κ2) is 9.93. The average molecular weight is 397 g/mol. The van der Waals surface area contributed by atoms with Gasteiger partial charge in [0.25, 0.3) is 5.91 Å². The van der Waals surface area contributed by atoms with Crippen LogP contribution in [0.15, 0.2) is 48.5 Å². The lowest BCUT2D eigenvalue weighted by atomic mass is 10.1. The summed E-state index contributed by atoms with van der Waals surface area (Å²) in [6.45, 7) is 3.24. The molecule has 1 heterocycles. The Kier molecular flexibility index (Phi) is 7.08. The topological polar surface area (TPSA) is 71.1 Å². The predicted molar refractivity (Wildman–Crippen MR) is 110 cm³/mol. The molecule has 7 nitrogen and oxygen atoms in total. The molecule has 2 aromatic rings. The highest BCUT2D eigenvalue weighted by Crippen LogP contribution is 2.28. The maximum absolute atomic E-state index is 13.3. The molecule has 0 atom stereocenters. The molecule has 2 aromatic carbocycles. The molecule has 0 radical (unpaired) electrons. The van der Waals surface area contributed by atoms with Gasteiger partial charge in [-0.1, -0.05) is 30.3 Å². The molecule has 1 fully saturated rings. The highest BCUT2D eigenvalue weighted by atomic mass is 16.5. The molecule has 2 amide bonds. The zero-order chi connectivity index (χ0) is 20.6. The van der Waals surface area contributed by atoms with E-state index in [1.807, 2.05) is 30.3 Å². The monoisotopic (exact) mass is 397 g/mol. The van der Waals surface area contributed by atoms with Crippen LogP contribution in [0.5, 0.6) is 11.5 Å². The van der Waals surface area contributed by atoms with Crippen molar-refractivity contribution in [1.29, 1.82) is 0 Å². The lowest BCUT2D eigenvalue weighted by molar-refractivity contribution is -0.132. The fraction of sp³-hybridized carbons (Fsp3) is 0.364. The number of ether oxygens (including phenoxy) is 2. The van der Waals surface area contributed by atoms with Crippen LogP contribution in [0.4, 0.5) is 0 Å². The molecular formula is C22H27N3O4. The summed E-state index contributed by atoms with van der Waals surface area (Å²) in [5.74, 6) is 0.761. The van der Waals surface area contributed by atoms with Crippen molar-refractivity contribution in [3.05, 3.63) is 59.7 Å². The first kappa shape index (κ1) is 20.7. The number of carbonyl (C=O) groups is 2. The van der Waals surface area contributed by atoms with Crippen molar-refractivity contribution >= 4 is 11.8 Å². The molecule has 1 aliphatic heterocycles. The molecule has 0 bridgehead atoms. The molecule has 1 aliphatic rings. The van der Waals surface area contributed by atoms with E-state index < -0.39 is 0 Å². The molecule has 3 rings (SSSR count). The van der Waals surface area contributed by atoms with E-state index in [1.165, 1.54) is 7.11 Å². The Hall–Kier alpha value is -3.06.